The van der Waals surface area contributed by atoms with Crippen molar-refractivity contribution in [3.8, 4) is 11.4 Å². The van der Waals surface area contributed by atoms with Crippen molar-refractivity contribution >= 4 is 17.3 Å². The maximum atomic E-state index is 5.98. The van der Waals surface area contributed by atoms with Gasteiger partial charge >= 0.3 is 0 Å². The van der Waals surface area contributed by atoms with Gasteiger partial charge in [-0.25, -0.2) is 0 Å². The van der Waals surface area contributed by atoms with Crippen LogP contribution in [0.4, 0.5) is 5.69 Å². The lowest BCUT2D eigenvalue weighted by Gasteiger charge is -2.29. The van der Waals surface area contributed by atoms with Crippen LogP contribution in [0.15, 0.2) is 48.5 Å². The van der Waals surface area contributed by atoms with Crippen LogP contribution in [0.2, 0.25) is 5.02 Å². The predicted octanol–water partition coefficient (Wildman–Crippen LogP) is 4.06. The number of aromatic nitrogens is 4. The Morgan fingerprint density at radius 2 is 1.80 bits per heavy atom. The summed E-state index contributed by atoms with van der Waals surface area (Å²) in [5.74, 6) is 1.54. The van der Waals surface area contributed by atoms with Crippen molar-refractivity contribution in [2.45, 2.75) is 25.8 Å². The Bertz CT molecular complexity index is 831. The Labute approximate surface area is 151 Å². The number of tetrazole rings is 1. The molecule has 0 saturated carbocycles. The van der Waals surface area contributed by atoms with Crippen LogP contribution in [0.25, 0.3) is 5.69 Å². The normalized spacial score (nSPS) is 13.3. The molecule has 0 spiro atoms. The van der Waals surface area contributed by atoms with Gasteiger partial charge in [-0.2, -0.15) is 4.68 Å². The van der Waals surface area contributed by atoms with Gasteiger partial charge in [-0.1, -0.05) is 18.5 Å². The summed E-state index contributed by atoms with van der Waals surface area (Å²) in [6.45, 7) is 4.17. The second-order valence-corrected chi connectivity index (χ2v) is 6.37. The van der Waals surface area contributed by atoms with E-state index in [2.05, 4.69) is 34.7 Å². The molecular formula is C18H20ClN5O. The molecule has 1 N–H and O–H groups in total. The molecule has 6 nitrogen and oxygen atoms in total. The number of nitrogens with one attached hydrogen (secondary N) is 1. The SMILES string of the molecule is CC[C@@](C)(Nc1ccc(OC)cc1)c1nnnn1-c1ccc(Cl)cc1. The first-order chi connectivity index (χ1) is 12.1. The zero-order valence-electron chi connectivity index (χ0n) is 14.4. The van der Waals surface area contributed by atoms with E-state index in [1.54, 1.807) is 11.8 Å². The number of nitrogens with zero attached hydrogens (tertiary/aromatic N) is 4. The van der Waals surface area contributed by atoms with Crippen LogP contribution in [0, 0.1) is 0 Å². The Hall–Kier alpha value is -2.60. The summed E-state index contributed by atoms with van der Waals surface area (Å²) in [5, 5.41) is 16.5. The van der Waals surface area contributed by atoms with Crippen LogP contribution in [0.5, 0.6) is 5.75 Å². The van der Waals surface area contributed by atoms with Gasteiger partial charge in [0.2, 0.25) is 0 Å². The minimum absolute atomic E-state index is 0.447. The van der Waals surface area contributed by atoms with Crippen molar-refractivity contribution in [3.05, 3.63) is 59.4 Å². The fraction of sp³-hybridized carbons (Fsp3) is 0.278. The van der Waals surface area contributed by atoms with Crippen LogP contribution in [-0.4, -0.2) is 27.3 Å². The Morgan fingerprint density at radius 1 is 1.12 bits per heavy atom. The van der Waals surface area contributed by atoms with Crippen molar-refractivity contribution in [1.82, 2.24) is 20.2 Å². The zero-order chi connectivity index (χ0) is 17.9. The monoisotopic (exact) mass is 357 g/mol. The molecule has 0 aliphatic heterocycles. The Balaban J connectivity index is 1.94. The number of methoxy groups -OCH3 is 1. The van der Waals surface area contributed by atoms with Gasteiger partial charge < -0.3 is 10.1 Å². The minimum Gasteiger partial charge on any atom is -0.497 e. The molecule has 7 heteroatoms. The van der Waals surface area contributed by atoms with Gasteiger partial charge in [0.05, 0.1) is 18.3 Å². The average molecular weight is 358 g/mol. The van der Waals surface area contributed by atoms with E-state index in [1.807, 2.05) is 48.5 Å². The number of rotatable bonds is 6. The van der Waals surface area contributed by atoms with Crippen molar-refractivity contribution in [3.63, 3.8) is 0 Å². The molecule has 1 atom stereocenters. The molecule has 0 amide bonds. The van der Waals surface area contributed by atoms with E-state index < -0.39 is 5.54 Å². The highest BCUT2D eigenvalue weighted by atomic mass is 35.5. The zero-order valence-corrected chi connectivity index (χ0v) is 15.2. The molecule has 0 radical (unpaired) electrons. The molecule has 3 rings (SSSR count). The molecule has 1 aromatic heterocycles. The van der Waals surface area contributed by atoms with Gasteiger partial charge in [-0.05, 0) is 72.3 Å². The third kappa shape index (κ3) is 3.58. The van der Waals surface area contributed by atoms with Gasteiger partial charge in [-0.3, -0.25) is 0 Å². The lowest BCUT2D eigenvalue weighted by molar-refractivity contribution is 0.414. The maximum Gasteiger partial charge on any atom is 0.181 e. The van der Waals surface area contributed by atoms with E-state index in [0.717, 1.165) is 29.4 Å². The smallest absolute Gasteiger partial charge is 0.181 e. The molecule has 0 fully saturated rings. The van der Waals surface area contributed by atoms with E-state index in [1.165, 1.54) is 0 Å². The van der Waals surface area contributed by atoms with E-state index >= 15 is 0 Å². The number of hydrogen-bond acceptors (Lipinski definition) is 5. The summed E-state index contributed by atoms with van der Waals surface area (Å²) in [4.78, 5) is 0. The summed E-state index contributed by atoms with van der Waals surface area (Å²) in [6, 6.07) is 15.2. The van der Waals surface area contributed by atoms with Crippen molar-refractivity contribution in [2.24, 2.45) is 0 Å². The van der Waals surface area contributed by atoms with Crippen molar-refractivity contribution in [2.75, 3.05) is 12.4 Å². The van der Waals surface area contributed by atoms with E-state index in [4.69, 9.17) is 16.3 Å². The third-order valence-electron chi connectivity index (χ3n) is 4.25. The van der Waals surface area contributed by atoms with Gasteiger partial charge in [0.1, 0.15) is 5.75 Å². The molecule has 25 heavy (non-hydrogen) atoms. The lowest BCUT2D eigenvalue weighted by atomic mass is 9.97. The summed E-state index contributed by atoms with van der Waals surface area (Å²) < 4.78 is 6.94. The largest absolute Gasteiger partial charge is 0.497 e. The standard InChI is InChI=1S/C18H20ClN5O/c1-4-18(2,20-14-7-11-16(25-3)12-8-14)17-21-22-23-24(17)15-9-5-13(19)6-10-15/h5-12,20H,4H2,1-3H3/t18-/m1/s1. The molecule has 0 bridgehead atoms. The topological polar surface area (TPSA) is 64.9 Å². The fourth-order valence-electron chi connectivity index (χ4n) is 2.58. The number of benzene rings is 2. The molecule has 0 unspecified atom stereocenters. The molecule has 130 valence electrons. The summed E-state index contributed by atoms with van der Waals surface area (Å²) in [7, 11) is 1.65. The first-order valence-electron chi connectivity index (χ1n) is 8.03. The minimum atomic E-state index is -0.447. The third-order valence-corrected chi connectivity index (χ3v) is 4.50. The molecular weight excluding hydrogens is 338 g/mol. The summed E-state index contributed by atoms with van der Waals surface area (Å²) in [5.41, 5.74) is 1.38. The number of anilines is 1. The van der Waals surface area contributed by atoms with Crippen LogP contribution in [0.3, 0.4) is 0 Å². The van der Waals surface area contributed by atoms with E-state index in [0.29, 0.717) is 5.02 Å². The van der Waals surface area contributed by atoms with Gasteiger partial charge in [0.25, 0.3) is 0 Å². The summed E-state index contributed by atoms with van der Waals surface area (Å²) >= 11 is 5.98. The fourth-order valence-corrected chi connectivity index (χ4v) is 2.71. The lowest BCUT2D eigenvalue weighted by Crippen LogP contribution is -2.34. The molecule has 0 aliphatic carbocycles. The molecule has 0 saturated heterocycles. The molecule has 1 heterocycles. The number of hydrogen-bond donors (Lipinski definition) is 1. The van der Waals surface area contributed by atoms with Crippen molar-refractivity contribution < 1.29 is 4.74 Å². The van der Waals surface area contributed by atoms with Crippen LogP contribution in [-0.2, 0) is 5.54 Å². The van der Waals surface area contributed by atoms with Crippen LogP contribution in [0.1, 0.15) is 26.1 Å². The number of halogens is 1. The quantitative estimate of drug-likeness (QED) is 0.720. The van der Waals surface area contributed by atoms with Gasteiger partial charge in [0.15, 0.2) is 5.82 Å². The molecule has 2 aromatic carbocycles. The second kappa shape index (κ2) is 7.11. The Kier molecular flexibility index (Phi) is 4.90. The average Bonchev–Trinajstić information content (AvgIpc) is 3.13. The first-order valence-corrected chi connectivity index (χ1v) is 8.40. The molecule has 3 aromatic rings. The van der Waals surface area contributed by atoms with Gasteiger partial charge in [-0.15, -0.1) is 5.10 Å². The van der Waals surface area contributed by atoms with E-state index in [-0.39, 0.29) is 0 Å². The molecule has 0 aliphatic rings. The highest BCUT2D eigenvalue weighted by molar-refractivity contribution is 6.30. The number of ether oxygens (including phenoxy) is 1. The van der Waals surface area contributed by atoms with Gasteiger partial charge in [0, 0.05) is 10.7 Å². The van der Waals surface area contributed by atoms with Crippen LogP contribution < -0.4 is 10.1 Å². The van der Waals surface area contributed by atoms with Crippen LogP contribution >= 0.6 is 11.6 Å². The second-order valence-electron chi connectivity index (χ2n) is 5.93. The maximum absolute atomic E-state index is 5.98. The van der Waals surface area contributed by atoms with Crippen molar-refractivity contribution in [1.29, 1.82) is 0 Å². The van der Waals surface area contributed by atoms with E-state index in [9.17, 15) is 0 Å². The predicted molar refractivity (Wildman–Crippen MR) is 98.4 cm³/mol. The summed E-state index contributed by atoms with van der Waals surface area (Å²) in [6.07, 6.45) is 0.799. The highest BCUT2D eigenvalue weighted by Crippen LogP contribution is 2.30. The Morgan fingerprint density at radius 3 is 2.40 bits per heavy atom. The first kappa shape index (κ1) is 17.2. The highest BCUT2D eigenvalue weighted by Gasteiger charge is 2.31.